The fourth-order valence-corrected chi connectivity index (χ4v) is 2.17. The summed E-state index contributed by atoms with van der Waals surface area (Å²) in [5, 5.41) is 6.09. The molecule has 0 bridgehead atoms. The number of amides is 1. The Balaban J connectivity index is 0.00000180. The van der Waals surface area contributed by atoms with E-state index in [4.69, 9.17) is 0 Å². The molecule has 1 saturated heterocycles. The van der Waals surface area contributed by atoms with Crippen molar-refractivity contribution in [3.8, 4) is 0 Å². The van der Waals surface area contributed by atoms with Gasteiger partial charge in [0.25, 0.3) is 5.56 Å². The van der Waals surface area contributed by atoms with Crippen LogP contribution in [0.5, 0.6) is 0 Å². The molecule has 106 valence electrons. The maximum Gasteiger partial charge on any atom is 0.250 e. The molecule has 1 aromatic rings. The lowest BCUT2D eigenvalue weighted by atomic mass is 9.99. The zero-order valence-electron chi connectivity index (χ0n) is 11.0. The Morgan fingerprint density at radius 2 is 2.32 bits per heavy atom. The lowest BCUT2D eigenvalue weighted by Crippen LogP contribution is -2.37. The van der Waals surface area contributed by atoms with E-state index in [-0.39, 0.29) is 29.8 Å². The number of piperidine rings is 1. The molecule has 0 spiro atoms. The highest BCUT2D eigenvalue weighted by molar-refractivity contribution is 5.92. The molecule has 2 heterocycles. The number of anilines is 1. The second kappa shape index (κ2) is 7.31. The van der Waals surface area contributed by atoms with Crippen molar-refractivity contribution in [2.45, 2.75) is 26.3 Å². The summed E-state index contributed by atoms with van der Waals surface area (Å²) in [4.78, 5) is 23.4. The molecule has 0 unspecified atom stereocenters. The first-order valence-corrected chi connectivity index (χ1v) is 6.43. The van der Waals surface area contributed by atoms with Crippen LogP contribution in [0.4, 0.5) is 5.69 Å². The predicted molar refractivity (Wildman–Crippen MR) is 77.8 cm³/mol. The molecule has 0 aliphatic carbocycles. The van der Waals surface area contributed by atoms with E-state index in [1.54, 1.807) is 16.8 Å². The van der Waals surface area contributed by atoms with Crippen molar-refractivity contribution < 1.29 is 4.79 Å². The second-order valence-corrected chi connectivity index (χ2v) is 4.57. The summed E-state index contributed by atoms with van der Waals surface area (Å²) in [5.41, 5.74) is 0.641. The van der Waals surface area contributed by atoms with Gasteiger partial charge >= 0.3 is 0 Å². The van der Waals surface area contributed by atoms with Gasteiger partial charge in [0.2, 0.25) is 5.91 Å². The third-order valence-electron chi connectivity index (χ3n) is 3.26. The van der Waals surface area contributed by atoms with Crippen LogP contribution in [0.3, 0.4) is 0 Å². The number of halogens is 1. The Kier molecular flexibility index (Phi) is 6.05. The standard InChI is InChI=1S/C13H19N3O2.ClH/c1-2-16-9-11(5-6-12(16)17)15-13(18)10-4-3-7-14-8-10;/h5-6,9-10,14H,2-4,7-8H2,1H3,(H,15,18);1H/t10-;/m1./s1. The lowest BCUT2D eigenvalue weighted by molar-refractivity contribution is -0.120. The zero-order chi connectivity index (χ0) is 13.0. The molecule has 6 heteroatoms. The fourth-order valence-electron chi connectivity index (χ4n) is 2.17. The Morgan fingerprint density at radius 1 is 1.53 bits per heavy atom. The highest BCUT2D eigenvalue weighted by atomic mass is 35.5. The van der Waals surface area contributed by atoms with Crippen LogP contribution in [0.25, 0.3) is 0 Å². The molecule has 1 aliphatic heterocycles. The molecule has 1 amide bonds. The average molecular weight is 286 g/mol. The smallest absolute Gasteiger partial charge is 0.250 e. The van der Waals surface area contributed by atoms with Gasteiger partial charge in [-0.3, -0.25) is 9.59 Å². The topological polar surface area (TPSA) is 63.1 Å². The number of hydrogen-bond donors (Lipinski definition) is 2. The molecule has 0 aromatic carbocycles. The molecule has 2 rings (SSSR count). The summed E-state index contributed by atoms with van der Waals surface area (Å²) >= 11 is 0. The third kappa shape index (κ3) is 4.08. The summed E-state index contributed by atoms with van der Waals surface area (Å²) in [6.07, 6.45) is 3.65. The van der Waals surface area contributed by atoms with Gasteiger partial charge in [-0.25, -0.2) is 0 Å². The maximum absolute atomic E-state index is 12.0. The van der Waals surface area contributed by atoms with Crippen molar-refractivity contribution in [1.29, 1.82) is 0 Å². The molecule has 1 atom stereocenters. The van der Waals surface area contributed by atoms with E-state index < -0.39 is 0 Å². The second-order valence-electron chi connectivity index (χ2n) is 4.57. The van der Waals surface area contributed by atoms with Crippen LogP contribution < -0.4 is 16.2 Å². The number of hydrogen-bond acceptors (Lipinski definition) is 3. The van der Waals surface area contributed by atoms with E-state index in [0.717, 1.165) is 25.9 Å². The molecule has 1 aromatic heterocycles. The number of pyridine rings is 1. The van der Waals surface area contributed by atoms with Crippen molar-refractivity contribution in [2.75, 3.05) is 18.4 Å². The first kappa shape index (κ1) is 15.7. The van der Waals surface area contributed by atoms with Crippen LogP contribution in [0.1, 0.15) is 19.8 Å². The van der Waals surface area contributed by atoms with Crippen LogP contribution in [0.2, 0.25) is 0 Å². The molecule has 2 N–H and O–H groups in total. The van der Waals surface area contributed by atoms with Gasteiger partial charge in [0.15, 0.2) is 0 Å². The molecule has 1 fully saturated rings. The zero-order valence-corrected chi connectivity index (χ0v) is 11.8. The minimum absolute atomic E-state index is 0. The van der Waals surface area contributed by atoms with Gasteiger partial charge in [-0.15, -0.1) is 12.4 Å². The van der Waals surface area contributed by atoms with Crippen LogP contribution in [-0.4, -0.2) is 23.6 Å². The fraction of sp³-hybridized carbons (Fsp3) is 0.538. The Hall–Kier alpha value is -1.33. The summed E-state index contributed by atoms with van der Waals surface area (Å²) in [6.45, 7) is 4.23. The van der Waals surface area contributed by atoms with Crippen molar-refractivity contribution >= 4 is 24.0 Å². The van der Waals surface area contributed by atoms with Crippen molar-refractivity contribution in [3.05, 3.63) is 28.7 Å². The van der Waals surface area contributed by atoms with Crippen LogP contribution in [0.15, 0.2) is 23.1 Å². The first-order valence-electron chi connectivity index (χ1n) is 6.43. The number of aryl methyl sites for hydroxylation is 1. The van der Waals surface area contributed by atoms with Gasteiger partial charge in [0.05, 0.1) is 11.6 Å². The molecule has 5 nitrogen and oxygen atoms in total. The SMILES string of the molecule is CCn1cc(NC(=O)[C@@H]2CCCNC2)ccc1=O.Cl. The highest BCUT2D eigenvalue weighted by Gasteiger charge is 2.20. The Labute approximate surface area is 118 Å². The van der Waals surface area contributed by atoms with Gasteiger partial charge in [-0.1, -0.05) is 0 Å². The molecular formula is C13H20ClN3O2. The minimum Gasteiger partial charge on any atom is -0.325 e. The lowest BCUT2D eigenvalue weighted by Gasteiger charge is -2.22. The van der Waals surface area contributed by atoms with Crippen LogP contribution in [0, 0.1) is 5.92 Å². The maximum atomic E-state index is 12.0. The van der Waals surface area contributed by atoms with Crippen molar-refractivity contribution in [2.24, 2.45) is 5.92 Å². The van der Waals surface area contributed by atoms with E-state index in [1.807, 2.05) is 6.92 Å². The average Bonchev–Trinajstić information content (AvgIpc) is 2.42. The minimum atomic E-state index is -0.0465. The van der Waals surface area contributed by atoms with E-state index in [1.165, 1.54) is 6.07 Å². The van der Waals surface area contributed by atoms with Crippen LogP contribution >= 0.6 is 12.4 Å². The number of rotatable bonds is 3. The monoisotopic (exact) mass is 285 g/mol. The number of aromatic nitrogens is 1. The van der Waals surface area contributed by atoms with E-state index in [9.17, 15) is 9.59 Å². The van der Waals surface area contributed by atoms with Crippen molar-refractivity contribution in [1.82, 2.24) is 9.88 Å². The summed E-state index contributed by atoms with van der Waals surface area (Å²) < 4.78 is 1.58. The number of carbonyl (C=O) groups excluding carboxylic acids is 1. The first-order chi connectivity index (χ1) is 8.70. The molecule has 1 aliphatic rings. The third-order valence-corrected chi connectivity index (χ3v) is 3.26. The largest absolute Gasteiger partial charge is 0.325 e. The summed E-state index contributed by atoms with van der Waals surface area (Å²) in [6, 6.07) is 3.14. The normalized spacial score (nSPS) is 18.5. The highest BCUT2D eigenvalue weighted by Crippen LogP contribution is 2.13. The van der Waals surface area contributed by atoms with Gasteiger partial charge < -0.3 is 15.2 Å². The summed E-state index contributed by atoms with van der Waals surface area (Å²) in [7, 11) is 0. The van der Waals surface area contributed by atoms with Gasteiger partial charge in [0.1, 0.15) is 0 Å². The molecular weight excluding hydrogens is 266 g/mol. The van der Waals surface area contributed by atoms with E-state index in [0.29, 0.717) is 12.2 Å². The van der Waals surface area contributed by atoms with Gasteiger partial charge in [-0.2, -0.15) is 0 Å². The van der Waals surface area contributed by atoms with E-state index in [2.05, 4.69) is 10.6 Å². The van der Waals surface area contributed by atoms with E-state index >= 15 is 0 Å². The number of carbonyl (C=O) groups is 1. The van der Waals surface area contributed by atoms with Gasteiger partial charge in [-0.05, 0) is 32.4 Å². The van der Waals surface area contributed by atoms with Gasteiger partial charge in [0, 0.05) is 25.4 Å². The molecule has 0 radical (unpaired) electrons. The number of nitrogens with one attached hydrogen (secondary N) is 2. The summed E-state index contributed by atoms with van der Waals surface area (Å²) in [5.74, 6) is 0.0595. The molecule has 19 heavy (non-hydrogen) atoms. The van der Waals surface area contributed by atoms with Crippen LogP contribution in [-0.2, 0) is 11.3 Å². The predicted octanol–water partition coefficient (Wildman–Crippen LogP) is 1.23. The number of nitrogens with zero attached hydrogens (tertiary/aromatic N) is 1. The quantitative estimate of drug-likeness (QED) is 0.878. The Bertz CT molecular complexity index is 481. The molecule has 0 saturated carbocycles. The Morgan fingerprint density at radius 3 is 2.95 bits per heavy atom. The van der Waals surface area contributed by atoms with Crippen molar-refractivity contribution in [3.63, 3.8) is 0 Å².